The van der Waals surface area contributed by atoms with Crippen molar-refractivity contribution in [1.82, 2.24) is 10.3 Å². The van der Waals surface area contributed by atoms with Crippen LogP contribution in [0.4, 0.5) is 4.39 Å². The van der Waals surface area contributed by atoms with Crippen molar-refractivity contribution in [1.29, 1.82) is 0 Å². The highest BCUT2D eigenvalue weighted by Gasteiger charge is 2.19. The Balaban J connectivity index is 2.09. The topological polar surface area (TPSA) is 38.1 Å². The van der Waals surface area contributed by atoms with E-state index in [0.717, 1.165) is 23.2 Å². The number of hydrogen-bond acceptors (Lipinski definition) is 3. The number of nitrogens with one attached hydrogen (secondary N) is 1. The minimum atomic E-state index is -0.333. The number of benzene rings is 1. The third-order valence-electron chi connectivity index (χ3n) is 3.46. The zero-order valence-electron chi connectivity index (χ0n) is 12.1. The molecule has 0 fully saturated rings. The molecule has 1 atom stereocenters. The number of pyridine rings is 1. The lowest BCUT2D eigenvalue weighted by Crippen LogP contribution is -2.21. The average molecular weight is 284 g/mol. The lowest BCUT2D eigenvalue weighted by Gasteiger charge is -2.16. The van der Waals surface area contributed by atoms with E-state index in [1.165, 1.54) is 6.07 Å². The number of para-hydroxylation sites is 1. The quantitative estimate of drug-likeness (QED) is 0.787. The number of rotatable bonds is 4. The van der Waals surface area contributed by atoms with Crippen LogP contribution >= 0.6 is 0 Å². The van der Waals surface area contributed by atoms with Crippen molar-refractivity contribution < 1.29 is 8.81 Å². The summed E-state index contributed by atoms with van der Waals surface area (Å²) in [6.07, 6.45) is 1.78. The molecule has 2 aromatic heterocycles. The van der Waals surface area contributed by atoms with E-state index in [0.29, 0.717) is 11.3 Å². The van der Waals surface area contributed by atoms with Gasteiger partial charge in [-0.15, -0.1) is 0 Å². The fourth-order valence-corrected chi connectivity index (χ4v) is 2.52. The van der Waals surface area contributed by atoms with Crippen LogP contribution in [0, 0.1) is 12.7 Å². The van der Waals surface area contributed by atoms with Crippen LogP contribution in [-0.4, -0.2) is 11.5 Å². The summed E-state index contributed by atoms with van der Waals surface area (Å²) < 4.78 is 19.5. The van der Waals surface area contributed by atoms with Crippen molar-refractivity contribution in [2.45, 2.75) is 19.9 Å². The van der Waals surface area contributed by atoms with Crippen LogP contribution in [-0.2, 0) is 0 Å². The highest BCUT2D eigenvalue weighted by atomic mass is 19.1. The molecule has 0 bridgehead atoms. The molecule has 0 saturated heterocycles. The summed E-state index contributed by atoms with van der Waals surface area (Å²) in [6.45, 7) is 4.76. The predicted octanol–water partition coefficient (Wildman–Crippen LogP) is 3.97. The standard InChI is InChI=1S/C17H17FN2O/c1-3-19-16(12-7-8-20-11(2)9-12)15-10-13-5-4-6-14(18)17(13)21-15/h4-10,16,19H,3H2,1-2H3. The molecular weight excluding hydrogens is 267 g/mol. The van der Waals surface area contributed by atoms with E-state index in [9.17, 15) is 4.39 Å². The van der Waals surface area contributed by atoms with Gasteiger partial charge in [0.15, 0.2) is 11.4 Å². The molecule has 1 unspecified atom stereocenters. The van der Waals surface area contributed by atoms with Gasteiger partial charge < -0.3 is 9.73 Å². The molecule has 3 rings (SSSR count). The number of fused-ring (bicyclic) bond motifs is 1. The van der Waals surface area contributed by atoms with Gasteiger partial charge in [-0.1, -0.05) is 19.1 Å². The Hall–Kier alpha value is -2.20. The minimum absolute atomic E-state index is 0.108. The Morgan fingerprint density at radius 2 is 2.14 bits per heavy atom. The van der Waals surface area contributed by atoms with E-state index in [-0.39, 0.29) is 11.9 Å². The van der Waals surface area contributed by atoms with Gasteiger partial charge in [-0.3, -0.25) is 4.98 Å². The summed E-state index contributed by atoms with van der Waals surface area (Å²) in [4.78, 5) is 4.21. The first-order chi connectivity index (χ1) is 10.2. The molecular formula is C17H17FN2O. The Bertz CT molecular complexity index is 766. The predicted molar refractivity (Wildman–Crippen MR) is 80.7 cm³/mol. The lowest BCUT2D eigenvalue weighted by molar-refractivity contribution is 0.464. The maximum absolute atomic E-state index is 13.8. The first-order valence-corrected chi connectivity index (χ1v) is 7.03. The number of furan rings is 1. The van der Waals surface area contributed by atoms with Gasteiger partial charge >= 0.3 is 0 Å². The number of aryl methyl sites for hydroxylation is 1. The lowest BCUT2D eigenvalue weighted by atomic mass is 10.0. The normalized spacial score (nSPS) is 12.7. The van der Waals surface area contributed by atoms with Gasteiger partial charge in [0.25, 0.3) is 0 Å². The van der Waals surface area contributed by atoms with Gasteiger partial charge in [0.05, 0.1) is 6.04 Å². The Morgan fingerprint density at radius 1 is 1.29 bits per heavy atom. The Kier molecular flexibility index (Phi) is 3.71. The largest absolute Gasteiger partial charge is 0.456 e. The number of halogens is 1. The van der Waals surface area contributed by atoms with Gasteiger partial charge in [-0.05, 0) is 43.3 Å². The molecule has 21 heavy (non-hydrogen) atoms. The van der Waals surface area contributed by atoms with E-state index in [4.69, 9.17) is 4.42 Å². The highest BCUT2D eigenvalue weighted by Crippen LogP contribution is 2.29. The first kappa shape index (κ1) is 13.8. The minimum Gasteiger partial charge on any atom is -0.456 e. The van der Waals surface area contributed by atoms with Crippen molar-refractivity contribution >= 4 is 11.0 Å². The van der Waals surface area contributed by atoms with Crippen LogP contribution in [0.1, 0.15) is 30.0 Å². The number of hydrogen-bond donors (Lipinski definition) is 1. The molecule has 3 aromatic rings. The fraction of sp³-hybridized carbons (Fsp3) is 0.235. The van der Waals surface area contributed by atoms with Crippen molar-refractivity contribution in [2.75, 3.05) is 6.54 Å². The second kappa shape index (κ2) is 5.66. The molecule has 0 saturated carbocycles. The second-order valence-electron chi connectivity index (χ2n) is 5.03. The summed E-state index contributed by atoms with van der Waals surface area (Å²) in [7, 11) is 0. The maximum Gasteiger partial charge on any atom is 0.169 e. The van der Waals surface area contributed by atoms with Crippen molar-refractivity contribution in [3.05, 3.63) is 65.4 Å². The summed E-state index contributed by atoms with van der Waals surface area (Å²) in [5.74, 6) is 0.377. The molecule has 0 aliphatic heterocycles. The van der Waals surface area contributed by atoms with E-state index < -0.39 is 0 Å². The maximum atomic E-state index is 13.8. The summed E-state index contributed by atoms with van der Waals surface area (Å²) >= 11 is 0. The molecule has 0 aliphatic carbocycles. The van der Waals surface area contributed by atoms with Gasteiger partial charge in [-0.2, -0.15) is 0 Å². The number of aromatic nitrogens is 1. The van der Waals surface area contributed by atoms with Crippen LogP contribution in [0.15, 0.2) is 47.0 Å². The highest BCUT2D eigenvalue weighted by molar-refractivity contribution is 5.78. The molecule has 108 valence electrons. The first-order valence-electron chi connectivity index (χ1n) is 7.03. The van der Waals surface area contributed by atoms with Crippen LogP contribution in [0.5, 0.6) is 0 Å². The molecule has 1 aromatic carbocycles. The fourth-order valence-electron chi connectivity index (χ4n) is 2.52. The Morgan fingerprint density at radius 3 is 2.86 bits per heavy atom. The van der Waals surface area contributed by atoms with Gasteiger partial charge in [0.1, 0.15) is 5.76 Å². The van der Waals surface area contributed by atoms with Crippen LogP contribution in [0.25, 0.3) is 11.0 Å². The van der Waals surface area contributed by atoms with Gasteiger partial charge in [-0.25, -0.2) is 4.39 Å². The molecule has 0 aliphatic rings. The van der Waals surface area contributed by atoms with E-state index in [1.54, 1.807) is 12.3 Å². The van der Waals surface area contributed by atoms with Crippen LogP contribution < -0.4 is 5.32 Å². The molecule has 0 spiro atoms. The second-order valence-corrected chi connectivity index (χ2v) is 5.03. The molecule has 3 nitrogen and oxygen atoms in total. The van der Waals surface area contributed by atoms with Crippen LogP contribution in [0.2, 0.25) is 0 Å². The van der Waals surface area contributed by atoms with E-state index in [2.05, 4.69) is 10.3 Å². The average Bonchev–Trinajstić information content (AvgIpc) is 2.90. The summed E-state index contributed by atoms with van der Waals surface area (Å²) in [6, 6.07) is 10.7. The molecule has 1 N–H and O–H groups in total. The SMILES string of the molecule is CCNC(c1ccnc(C)c1)c1cc2cccc(F)c2o1. The third-order valence-corrected chi connectivity index (χ3v) is 3.46. The van der Waals surface area contributed by atoms with E-state index in [1.807, 2.05) is 38.1 Å². The van der Waals surface area contributed by atoms with Gasteiger partial charge in [0, 0.05) is 17.3 Å². The molecule has 0 amide bonds. The summed E-state index contributed by atoms with van der Waals surface area (Å²) in [5.41, 5.74) is 2.31. The zero-order valence-corrected chi connectivity index (χ0v) is 12.1. The van der Waals surface area contributed by atoms with Gasteiger partial charge in [0.2, 0.25) is 0 Å². The zero-order chi connectivity index (χ0) is 14.8. The van der Waals surface area contributed by atoms with Crippen molar-refractivity contribution in [3.8, 4) is 0 Å². The number of nitrogens with zero attached hydrogens (tertiary/aromatic N) is 1. The van der Waals surface area contributed by atoms with E-state index >= 15 is 0 Å². The monoisotopic (exact) mass is 284 g/mol. The molecule has 0 radical (unpaired) electrons. The summed E-state index contributed by atoms with van der Waals surface area (Å²) in [5, 5.41) is 4.16. The molecule has 2 heterocycles. The smallest absolute Gasteiger partial charge is 0.169 e. The Labute approximate surface area is 122 Å². The third kappa shape index (κ3) is 2.67. The van der Waals surface area contributed by atoms with Crippen LogP contribution in [0.3, 0.4) is 0 Å². The van der Waals surface area contributed by atoms with Crippen molar-refractivity contribution in [3.63, 3.8) is 0 Å². The van der Waals surface area contributed by atoms with Crippen molar-refractivity contribution in [2.24, 2.45) is 0 Å². The molecule has 4 heteroatoms.